The standard InChI is InChI=1S/C25H23N3/c1-16-8-7-12-20-23-22(27(24(16)20)17-9-3-2-4-10-17)15-14-19-18-11-5-6-13-21(18)28(26)25(19)23/h2-16,22-24H,26H2,1H3. The molecule has 0 amide bonds. The molecule has 3 nitrogen and oxygen atoms in total. The Morgan fingerprint density at radius 2 is 1.71 bits per heavy atom. The summed E-state index contributed by atoms with van der Waals surface area (Å²) in [5, 5.41) is 1.24. The summed E-state index contributed by atoms with van der Waals surface area (Å²) in [6.07, 6.45) is 11.5. The van der Waals surface area contributed by atoms with E-state index in [0.29, 0.717) is 12.0 Å². The molecule has 1 aromatic heterocycles. The van der Waals surface area contributed by atoms with Crippen molar-refractivity contribution in [1.82, 2.24) is 4.68 Å². The van der Waals surface area contributed by atoms with E-state index in [9.17, 15) is 0 Å². The number of hydrogen-bond acceptors (Lipinski definition) is 2. The molecule has 0 bridgehead atoms. The summed E-state index contributed by atoms with van der Waals surface area (Å²) in [5.41, 5.74) is 6.37. The second-order valence-electron chi connectivity index (χ2n) is 8.11. The number of fused-ring (bicyclic) bond motifs is 7. The van der Waals surface area contributed by atoms with Crippen molar-refractivity contribution in [2.24, 2.45) is 5.92 Å². The fourth-order valence-electron chi connectivity index (χ4n) is 5.55. The van der Waals surface area contributed by atoms with Crippen molar-refractivity contribution in [3.05, 3.63) is 95.7 Å². The number of allylic oxidation sites excluding steroid dienone is 2. The van der Waals surface area contributed by atoms with Crippen LogP contribution in [0.5, 0.6) is 0 Å². The summed E-state index contributed by atoms with van der Waals surface area (Å²) in [7, 11) is 0. The van der Waals surface area contributed by atoms with E-state index in [0.717, 1.165) is 5.52 Å². The minimum Gasteiger partial charge on any atom is -0.357 e. The van der Waals surface area contributed by atoms with E-state index in [4.69, 9.17) is 5.84 Å². The Morgan fingerprint density at radius 1 is 0.929 bits per heavy atom. The zero-order valence-corrected chi connectivity index (χ0v) is 15.9. The fraction of sp³-hybridized carbons (Fsp3) is 0.200. The number of para-hydroxylation sites is 2. The second kappa shape index (κ2) is 5.65. The first-order chi connectivity index (χ1) is 13.8. The van der Waals surface area contributed by atoms with E-state index in [2.05, 4.69) is 96.8 Å². The molecule has 3 aliphatic rings. The minimum absolute atomic E-state index is 0.273. The van der Waals surface area contributed by atoms with Crippen LogP contribution < -0.4 is 10.7 Å². The van der Waals surface area contributed by atoms with Gasteiger partial charge < -0.3 is 10.7 Å². The van der Waals surface area contributed by atoms with E-state index in [-0.39, 0.29) is 12.0 Å². The summed E-state index contributed by atoms with van der Waals surface area (Å²) in [6, 6.07) is 19.9. The highest BCUT2D eigenvalue weighted by atomic mass is 15.3. The summed E-state index contributed by atoms with van der Waals surface area (Å²) < 4.78 is 1.93. The Bertz CT molecular complexity index is 1170. The Hall–Kier alpha value is -3.20. The van der Waals surface area contributed by atoms with E-state index in [1.807, 2.05) is 4.68 Å². The molecule has 1 saturated heterocycles. The molecule has 2 aliphatic carbocycles. The Morgan fingerprint density at radius 3 is 2.57 bits per heavy atom. The van der Waals surface area contributed by atoms with Gasteiger partial charge in [0, 0.05) is 22.6 Å². The molecule has 1 fully saturated rings. The van der Waals surface area contributed by atoms with Crippen LogP contribution in [0, 0.1) is 5.92 Å². The average Bonchev–Trinajstić information content (AvgIpc) is 3.23. The van der Waals surface area contributed by atoms with Gasteiger partial charge in [0.05, 0.1) is 23.3 Å². The van der Waals surface area contributed by atoms with Crippen molar-refractivity contribution in [1.29, 1.82) is 0 Å². The molecule has 2 N–H and O–H groups in total. The quantitative estimate of drug-likeness (QED) is 0.625. The van der Waals surface area contributed by atoms with Gasteiger partial charge in [-0.05, 0) is 29.7 Å². The molecule has 4 unspecified atom stereocenters. The molecule has 2 aromatic carbocycles. The van der Waals surface area contributed by atoms with Crippen LogP contribution in [0.2, 0.25) is 0 Å². The summed E-state index contributed by atoms with van der Waals surface area (Å²) >= 11 is 0. The number of hydrogen-bond donors (Lipinski definition) is 1. The van der Waals surface area contributed by atoms with Crippen molar-refractivity contribution in [2.75, 3.05) is 10.7 Å². The predicted molar refractivity (Wildman–Crippen MR) is 117 cm³/mol. The molecule has 4 atom stereocenters. The summed E-state index contributed by atoms with van der Waals surface area (Å²) in [5.74, 6) is 7.41. The first-order valence-electron chi connectivity index (χ1n) is 10.0. The number of nitrogens with two attached hydrogens (primary N) is 1. The second-order valence-corrected chi connectivity index (χ2v) is 8.11. The number of nitrogen functional groups attached to an aromatic ring is 1. The highest BCUT2D eigenvalue weighted by molar-refractivity contribution is 5.93. The van der Waals surface area contributed by atoms with Gasteiger partial charge in [0.25, 0.3) is 0 Å². The maximum atomic E-state index is 6.68. The normalized spacial score (nSPS) is 27.5. The van der Waals surface area contributed by atoms with Crippen molar-refractivity contribution in [3.8, 4) is 0 Å². The van der Waals surface area contributed by atoms with Crippen molar-refractivity contribution >= 4 is 22.7 Å². The smallest absolute Gasteiger partial charge is 0.0699 e. The van der Waals surface area contributed by atoms with Crippen molar-refractivity contribution in [2.45, 2.75) is 24.9 Å². The van der Waals surface area contributed by atoms with Crippen LogP contribution in [0.15, 0.2) is 84.5 Å². The molecule has 2 heterocycles. The third-order valence-corrected chi connectivity index (χ3v) is 6.66. The van der Waals surface area contributed by atoms with Gasteiger partial charge >= 0.3 is 0 Å². The van der Waals surface area contributed by atoms with Gasteiger partial charge in [0.2, 0.25) is 0 Å². The molecule has 1 aliphatic heterocycles. The molecular weight excluding hydrogens is 342 g/mol. The topological polar surface area (TPSA) is 34.2 Å². The molecule has 28 heavy (non-hydrogen) atoms. The molecule has 3 heteroatoms. The zero-order chi connectivity index (χ0) is 18.8. The number of rotatable bonds is 1. The molecule has 0 saturated carbocycles. The largest absolute Gasteiger partial charge is 0.357 e. The lowest BCUT2D eigenvalue weighted by molar-refractivity contribution is 0.577. The van der Waals surface area contributed by atoms with Crippen molar-refractivity contribution in [3.63, 3.8) is 0 Å². The molecule has 0 spiro atoms. The molecule has 3 aromatic rings. The summed E-state index contributed by atoms with van der Waals surface area (Å²) in [6.45, 7) is 2.32. The van der Waals surface area contributed by atoms with E-state index >= 15 is 0 Å². The Kier molecular flexibility index (Phi) is 3.19. The SMILES string of the molecule is CC1C=CC=C2C3c4c(c5ccccc5n4N)C=CC3N(c3ccccc3)C21. The molecule has 6 rings (SSSR count). The van der Waals surface area contributed by atoms with E-state index in [1.165, 1.54) is 27.9 Å². The van der Waals surface area contributed by atoms with Crippen LogP contribution in [0.3, 0.4) is 0 Å². The molecule has 138 valence electrons. The van der Waals surface area contributed by atoms with Gasteiger partial charge in [0.1, 0.15) is 0 Å². The van der Waals surface area contributed by atoms with Gasteiger partial charge in [0.15, 0.2) is 0 Å². The van der Waals surface area contributed by atoms with Crippen LogP contribution in [0.4, 0.5) is 5.69 Å². The lowest BCUT2D eigenvalue weighted by Gasteiger charge is -2.35. The Balaban J connectivity index is 1.61. The van der Waals surface area contributed by atoms with Gasteiger partial charge in [-0.25, -0.2) is 0 Å². The third-order valence-electron chi connectivity index (χ3n) is 6.66. The highest BCUT2D eigenvalue weighted by Crippen LogP contribution is 2.52. The average molecular weight is 365 g/mol. The molecular formula is C25H23N3. The van der Waals surface area contributed by atoms with E-state index < -0.39 is 0 Å². The first-order valence-corrected chi connectivity index (χ1v) is 10.0. The fourth-order valence-corrected chi connectivity index (χ4v) is 5.55. The minimum atomic E-state index is 0.273. The predicted octanol–water partition coefficient (Wildman–Crippen LogP) is 4.86. The van der Waals surface area contributed by atoms with E-state index in [1.54, 1.807) is 0 Å². The van der Waals surface area contributed by atoms with Crippen LogP contribution in [0.1, 0.15) is 24.1 Å². The van der Waals surface area contributed by atoms with Crippen LogP contribution in [-0.2, 0) is 0 Å². The zero-order valence-electron chi connectivity index (χ0n) is 15.9. The van der Waals surface area contributed by atoms with Crippen molar-refractivity contribution < 1.29 is 0 Å². The molecule has 0 radical (unpaired) electrons. The summed E-state index contributed by atoms with van der Waals surface area (Å²) in [4.78, 5) is 2.60. The van der Waals surface area contributed by atoms with Crippen LogP contribution in [-0.4, -0.2) is 16.8 Å². The highest BCUT2D eigenvalue weighted by Gasteiger charge is 2.49. The third kappa shape index (κ3) is 1.94. The van der Waals surface area contributed by atoms with Gasteiger partial charge in [-0.1, -0.05) is 73.7 Å². The maximum Gasteiger partial charge on any atom is 0.0699 e. The maximum absolute atomic E-state index is 6.68. The number of benzene rings is 2. The first kappa shape index (κ1) is 15.8. The Labute approximate surface area is 165 Å². The van der Waals surface area contributed by atoms with Gasteiger partial charge in [-0.3, -0.25) is 4.68 Å². The number of anilines is 1. The lowest BCUT2D eigenvalue weighted by Crippen LogP contribution is -2.40. The van der Waals surface area contributed by atoms with Crippen LogP contribution >= 0.6 is 0 Å². The van der Waals surface area contributed by atoms with Gasteiger partial charge in [-0.15, -0.1) is 0 Å². The van der Waals surface area contributed by atoms with Crippen LogP contribution in [0.25, 0.3) is 17.0 Å². The monoisotopic (exact) mass is 365 g/mol. The van der Waals surface area contributed by atoms with Gasteiger partial charge in [-0.2, -0.15) is 0 Å². The number of aromatic nitrogens is 1. The lowest BCUT2D eigenvalue weighted by atomic mass is 9.80. The number of nitrogens with zero attached hydrogens (tertiary/aromatic N) is 2.